The van der Waals surface area contributed by atoms with Crippen molar-refractivity contribution in [3.8, 4) is 11.4 Å². The fraction of sp³-hybridized carbons (Fsp3) is 0.238. The molecule has 7 heteroatoms. The van der Waals surface area contributed by atoms with Crippen molar-refractivity contribution in [2.24, 2.45) is 0 Å². The Kier molecular flexibility index (Phi) is 4.12. The number of aromatic nitrogens is 5. The van der Waals surface area contributed by atoms with Crippen LogP contribution in [-0.4, -0.2) is 50.7 Å². The molecule has 0 amide bonds. The van der Waals surface area contributed by atoms with Gasteiger partial charge < -0.3 is 9.80 Å². The van der Waals surface area contributed by atoms with Crippen LogP contribution in [0.4, 0.5) is 11.5 Å². The lowest BCUT2D eigenvalue weighted by Crippen LogP contribution is -2.47. The molecule has 1 aromatic carbocycles. The van der Waals surface area contributed by atoms with Crippen LogP contribution in [0, 0.1) is 6.92 Å². The quantitative estimate of drug-likeness (QED) is 0.552. The summed E-state index contributed by atoms with van der Waals surface area (Å²) < 4.78 is 1.85. The van der Waals surface area contributed by atoms with Gasteiger partial charge in [-0.05, 0) is 31.2 Å². The Labute approximate surface area is 163 Å². The molecule has 0 aliphatic carbocycles. The molecule has 0 radical (unpaired) electrons. The Balaban J connectivity index is 1.45. The van der Waals surface area contributed by atoms with Crippen molar-refractivity contribution in [3.05, 3.63) is 66.6 Å². The third-order valence-corrected chi connectivity index (χ3v) is 5.07. The van der Waals surface area contributed by atoms with E-state index in [1.807, 2.05) is 23.6 Å². The number of nitrogens with zero attached hydrogens (tertiary/aromatic N) is 7. The van der Waals surface area contributed by atoms with Gasteiger partial charge in [-0.3, -0.25) is 4.98 Å². The van der Waals surface area contributed by atoms with Gasteiger partial charge >= 0.3 is 0 Å². The smallest absolute Gasteiger partial charge is 0.254 e. The number of hydrogen-bond donors (Lipinski definition) is 0. The first-order valence-electron chi connectivity index (χ1n) is 9.48. The van der Waals surface area contributed by atoms with E-state index in [4.69, 9.17) is 5.10 Å². The molecule has 1 saturated heterocycles. The fourth-order valence-corrected chi connectivity index (χ4v) is 3.64. The lowest BCUT2D eigenvalue weighted by atomic mass is 10.2. The largest absolute Gasteiger partial charge is 0.368 e. The molecule has 28 heavy (non-hydrogen) atoms. The van der Waals surface area contributed by atoms with E-state index in [9.17, 15) is 0 Å². The SMILES string of the molecule is Cc1cc(N2CCN(c3ccccc3)CC2)n2nc(-c3cccnc3)nc2n1. The highest BCUT2D eigenvalue weighted by Crippen LogP contribution is 2.23. The van der Waals surface area contributed by atoms with Crippen LogP contribution >= 0.6 is 0 Å². The molecule has 0 unspecified atom stereocenters. The molecule has 0 saturated carbocycles. The zero-order valence-corrected chi connectivity index (χ0v) is 15.7. The van der Waals surface area contributed by atoms with Crippen LogP contribution in [0.3, 0.4) is 0 Å². The maximum absolute atomic E-state index is 4.72. The van der Waals surface area contributed by atoms with Crippen molar-refractivity contribution in [2.75, 3.05) is 36.0 Å². The van der Waals surface area contributed by atoms with Gasteiger partial charge in [0.2, 0.25) is 0 Å². The Morgan fingerprint density at radius 3 is 2.39 bits per heavy atom. The zero-order chi connectivity index (χ0) is 18.9. The Bertz CT molecular complexity index is 1080. The lowest BCUT2D eigenvalue weighted by Gasteiger charge is -2.37. The highest BCUT2D eigenvalue weighted by atomic mass is 15.4. The van der Waals surface area contributed by atoms with Gasteiger partial charge in [-0.25, -0.2) is 4.98 Å². The Morgan fingerprint density at radius 2 is 1.64 bits per heavy atom. The monoisotopic (exact) mass is 371 g/mol. The molecule has 0 bridgehead atoms. The lowest BCUT2D eigenvalue weighted by molar-refractivity contribution is 0.638. The highest BCUT2D eigenvalue weighted by molar-refractivity contribution is 5.58. The van der Waals surface area contributed by atoms with Gasteiger partial charge in [0.05, 0.1) is 0 Å². The average Bonchev–Trinajstić information content (AvgIpc) is 3.18. The predicted octanol–water partition coefficient (Wildman–Crippen LogP) is 2.82. The number of anilines is 2. The maximum atomic E-state index is 4.72. The second kappa shape index (κ2) is 6.92. The van der Waals surface area contributed by atoms with Crippen molar-refractivity contribution in [1.82, 2.24) is 24.6 Å². The van der Waals surface area contributed by atoms with Crippen molar-refractivity contribution in [3.63, 3.8) is 0 Å². The topological polar surface area (TPSA) is 62.5 Å². The van der Waals surface area contributed by atoms with Crippen molar-refractivity contribution in [1.29, 1.82) is 0 Å². The molecule has 3 aromatic heterocycles. The van der Waals surface area contributed by atoms with Gasteiger partial charge in [0.1, 0.15) is 5.82 Å². The zero-order valence-electron chi connectivity index (χ0n) is 15.7. The molecule has 0 spiro atoms. The number of para-hydroxylation sites is 1. The molecule has 4 aromatic rings. The molecular formula is C21H21N7. The summed E-state index contributed by atoms with van der Waals surface area (Å²) in [6.45, 7) is 5.79. The number of aryl methyl sites for hydroxylation is 1. The maximum Gasteiger partial charge on any atom is 0.254 e. The normalized spacial score (nSPS) is 14.6. The summed E-state index contributed by atoms with van der Waals surface area (Å²) in [4.78, 5) is 18.2. The summed E-state index contributed by atoms with van der Waals surface area (Å²) in [6, 6.07) is 16.5. The van der Waals surface area contributed by atoms with E-state index in [1.165, 1.54) is 5.69 Å². The van der Waals surface area contributed by atoms with Crippen molar-refractivity contribution >= 4 is 17.3 Å². The van der Waals surface area contributed by atoms with Gasteiger partial charge in [0, 0.05) is 61.6 Å². The number of pyridine rings is 1. The van der Waals surface area contributed by atoms with E-state index in [-0.39, 0.29) is 0 Å². The molecule has 4 heterocycles. The summed E-state index contributed by atoms with van der Waals surface area (Å²) >= 11 is 0. The Morgan fingerprint density at radius 1 is 0.857 bits per heavy atom. The summed E-state index contributed by atoms with van der Waals surface area (Å²) in [5, 5.41) is 4.72. The van der Waals surface area contributed by atoms with Crippen molar-refractivity contribution in [2.45, 2.75) is 6.92 Å². The summed E-state index contributed by atoms with van der Waals surface area (Å²) in [5.74, 6) is 2.31. The van der Waals surface area contributed by atoms with Crippen LogP contribution in [0.1, 0.15) is 5.69 Å². The average molecular weight is 371 g/mol. The number of piperazine rings is 1. The van der Waals surface area contributed by atoms with Gasteiger partial charge in [0.15, 0.2) is 5.82 Å². The van der Waals surface area contributed by atoms with Gasteiger partial charge in [0.25, 0.3) is 5.78 Å². The number of fused-ring (bicyclic) bond motifs is 1. The molecule has 5 rings (SSSR count). The second-order valence-corrected chi connectivity index (χ2v) is 6.95. The molecule has 7 nitrogen and oxygen atoms in total. The number of hydrogen-bond acceptors (Lipinski definition) is 6. The van der Waals surface area contributed by atoms with E-state index >= 15 is 0 Å². The molecule has 140 valence electrons. The third-order valence-electron chi connectivity index (χ3n) is 5.07. The van der Waals surface area contributed by atoms with Crippen LogP contribution in [0.5, 0.6) is 0 Å². The van der Waals surface area contributed by atoms with E-state index in [0.717, 1.165) is 43.3 Å². The van der Waals surface area contributed by atoms with E-state index in [2.05, 4.69) is 61.1 Å². The minimum Gasteiger partial charge on any atom is -0.368 e. The molecule has 1 aliphatic rings. The van der Waals surface area contributed by atoms with Crippen LogP contribution in [0.2, 0.25) is 0 Å². The molecule has 0 atom stereocenters. The Hall–Kier alpha value is -3.48. The molecule has 1 aliphatic heterocycles. The minimum atomic E-state index is 0.624. The van der Waals surface area contributed by atoms with Crippen LogP contribution < -0.4 is 9.80 Å². The van der Waals surface area contributed by atoms with Crippen molar-refractivity contribution < 1.29 is 0 Å². The second-order valence-electron chi connectivity index (χ2n) is 6.95. The summed E-state index contributed by atoms with van der Waals surface area (Å²) in [7, 11) is 0. The van der Waals surface area contributed by atoms with Gasteiger partial charge in [-0.2, -0.15) is 9.50 Å². The summed E-state index contributed by atoms with van der Waals surface area (Å²) in [5.41, 5.74) is 3.11. The number of benzene rings is 1. The molecular weight excluding hydrogens is 350 g/mol. The summed E-state index contributed by atoms with van der Waals surface area (Å²) in [6.07, 6.45) is 3.53. The first kappa shape index (κ1) is 16.7. The number of rotatable bonds is 3. The van der Waals surface area contributed by atoms with E-state index in [1.54, 1.807) is 12.4 Å². The highest BCUT2D eigenvalue weighted by Gasteiger charge is 2.21. The predicted molar refractivity (Wildman–Crippen MR) is 110 cm³/mol. The van der Waals surface area contributed by atoms with Crippen LogP contribution in [-0.2, 0) is 0 Å². The van der Waals surface area contributed by atoms with Gasteiger partial charge in [-0.1, -0.05) is 18.2 Å². The van der Waals surface area contributed by atoms with E-state index in [0.29, 0.717) is 11.6 Å². The first-order valence-corrected chi connectivity index (χ1v) is 9.48. The standard InChI is InChI=1S/C21H21N7/c1-16-14-19(27-12-10-26(11-13-27)18-7-3-2-4-8-18)28-21(23-16)24-20(25-28)17-6-5-9-22-15-17/h2-9,14-15H,10-13H2,1H3. The minimum absolute atomic E-state index is 0.624. The van der Waals surface area contributed by atoms with E-state index < -0.39 is 0 Å². The fourth-order valence-electron chi connectivity index (χ4n) is 3.64. The molecule has 0 N–H and O–H groups in total. The molecule has 1 fully saturated rings. The van der Waals surface area contributed by atoms with Crippen LogP contribution in [0.15, 0.2) is 60.9 Å². The van der Waals surface area contributed by atoms with Crippen LogP contribution in [0.25, 0.3) is 17.2 Å². The van der Waals surface area contributed by atoms with Gasteiger partial charge in [-0.15, -0.1) is 5.10 Å². The third kappa shape index (κ3) is 3.05. The first-order chi connectivity index (χ1) is 13.8.